The third-order valence-electron chi connectivity index (χ3n) is 5.45. The summed E-state index contributed by atoms with van der Waals surface area (Å²) >= 11 is 0. The topological polar surface area (TPSA) is 0 Å². The van der Waals surface area contributed by atoms with Gasteiger partial charge < -0.3 is 0 Å². The first-order valence-corrected chi connectivity index (χ1v) is 10.7. The molecule has 1 aliphatic rings. The summed E-state index contributed by atoms with van der Waals surface area (Å²) in [5.41, 5.74) is 7.45. The van der Waals surface area contributed by atoms with Gasteiger partial charge in [0.15, 0.2) is 0 Å². The minimum Gasteiger partial charge on any atom is -0.115 e. The molecule has 2 aromatic carbocycles. The summed E-state index contributed by atoms with van der Waals surface area (Å²) < 4.78 is 0. The fraction of sp³-hybridized carbons (Fsp3) is 0.250. The molecule has 0 saturated heterocycles. The van der Waals surface area contributed by atoms with E-state index in [1.54, 1.807) is 0 Å². The lowest BCUT2D eigenvalue weighted by Crippen LogP contribution is -2.10. The summed E-state index contributed by atoms with van der Waals surface area (Å²) in [6.45, 7) is 13.2. The molecule has 32 heavy (non-hydrogen) atoms. The Labute approximate surface area is 193 Å². The molecule has 2 aromatic rings. The average Bonchev–Trinajstić information content (AvgIpc) is 2.72. The summed E-state index contributed by atoms with van der Waals surface area (Å²) in [6, 6.07) is 16.6. The van der Waals surface area contributed by atoms with Gasteiger partial charge in [-0.25, -0.2) is 0 Å². The molecule has 0 unspecified atom stereocenters. The van der Waals surface area contributed by atoms with Gasteiger partial charge in [0, 0.05) is 11.1 Å². The van der Waals surface area contributed by atoms with Crippen LogP contribution in [0.5, 0.6) is 0 Å². The second-order valence-corrected chi connectivity index (χ2v) is 9.94. The van der Waals surface area contributed by atoms with Gasteiger partial charge in [0.05, 0.1) is 22.3 Å². The van der Waals surface area contributed by atoms with Crippen LogP contribution in [0, 0.1) is 48.4 Å². The maximum Gasteiger partial charge on any atom is 0.0588 e. The van der Waals surface area contributed by atoms with Crippen molar-refractivity contribution in [1.29, 1.82) is 0 Å². The van der Waals surface area contributed by atoms with Crippen molar-refractivity contribution >= 4 is 0 Å². The zero-order valence-corrected chi connectivity index (χ0v) is 19.8. The molecule has 0 heterocycles. The van der Waals surface area contributed by atoms with E-state index in [1.165, 1.54) is 11.1 Å². The average molecular weight is 413 g/mol. The molecule has 0 saturated carbocycles. The molecule has 0 heteroatoms. The fourth-order valence-electron chi connectivity index (χ4n) is 3.35. The molecule has 0 spiro atoms. The van der Waals surface area contributed by atoms with Crippen molar-refractivity contribution in [3.8, 4) is 48.4 Å². The van der Waals surface area contributed by atoms with Crippen LogP contribution in [-0.4, -0.2) is 0 Å². The third-order valence-corrected chi connectivity index (χ3v) is 5.45. The zero-order valence-electron chi connectivity index (χ0n) is 19.8. The van der Waals surface area contributed by atoms with Gasteiger partial charge in [-0.3, -0.25) is 0 Å². The van der Waals surface area contributed by atoms with E-state index in [-0.39, 0.29) is 10.8 Å². The van der Waals surface area contributed by atoms with Crippen molar-refractivity contribution in [2.75, 3.05) is 0 Å². The minimum atomic E-state index is 0.110. The van der Waals surface area contributed by atoms with Gasteiger partial charge in [0.2, 0.25) is 0 Å². The molecule has 0 aromatic heterocycles. The lowest BCUT2D eigenvalue weighted by molar-refractivity contribution is 0.590. The molecule has 1 aliphatic carbocycles. The van der Waals surface area contributed by atoms with Gasteiger partial charge in [-0.1, -0.05) is 101 Å². The second-order valence-electron chi connectivity index (χ2n) is 9.94. The quantitative estimate of drug-likeness (QED) is 0.430. The molecule has 0 nitrogen and oxygen atoms in total. The highest BCUT2D eigenvalue weighted by atomic mass is 14.2. The van der Waals surface area contributed by atoms with Crippen molar-refractivity contribution in [3.05, 3.63) is 93.1 Å². The number of rotatable bonds is 0. The van der Waals surface area contributed by atoms with Crippen molar-refractivity contribution < 1.29 is 0 Å². The van der Waals surface area contributed by atoms with Crippen LogP contribution in [0.2, 0.25) is 0 Å². The Morgan fingerprint density at radius 3 is 1.03 bits per heavy atom. The lowest BCUT2D eigenvalue weighted by atomic mass is 9.81. The van der Waals surface area contributed by atoms with Gasteiger partial charge in [-0.2, -0.15) is 0 Å². The predicted molar refractivity (Wildman–Crippen MR) is 136 cm³/mol. The van der Waals surface area contributed by atoms with Gasteiger partial charge >= 0.3 is 0 Å². The van der Waals surface area contributed by atoms with Gasteiger partial charge in [0.25, 0.3) is 0 Å². The van der Waals surface area contributed by atoms with E-state index < -0.39 is 0 Å². The third kappa shape index (κ3) is 4.90. The molecule has 0 radical (unpaired) electrons. The maximum absolute atomic E-state index is 5.76. The van der Waals surface area contributed by atoms with E-state index in [0.29, 0.717) is 11.1 Å². The predicted octanol–water partition coefficient (Wildman–Crippen LogP) is 6.56. The summed E-state index contributed by atoms with van der Waals surface area (Å²) in [7, 11) is 0. The normalized spacial score (nSPS) is 13.1. The summed E-state index contributed by atoms with van der Waals surface area (Å²) in [5.74, 6) is 18.1. The van der Waals surface area contributed by atoms with Crippen LogP contribution in [0.4, 0.5) is 0 Å². The Morgan fingerprint density at radius 2 is 0.781 bits per heavy atom. The van der Waals surface area contributed by atoms with Crippen molar-refractivity contribution in [2.45, 2.75) is 52.4 Å². The molecule has 0 atom stereocenters. The van der Waals surface area contributed by atoms with Gasteiger partial charge in [0.1, 0.15) is 0 Å². The number of terminal acetylenes is 2. The first-order chi connectivity index (χ1) is 15.0. The molecular formula is C32H28. The van der Waals surface area contributed by atoms with E-state index in [2.05, 4.69) is 101 Å². The Morgan fingerprint density at radius 1 is 0.469 bits per heavy atom. The van der Waals surface area contributed by atoms with Crippen LogP contribution in [0.15, 0.2) is 70.8 Å². The van der Waals surface area contributed by atoms with Crippen molar-refractivity contribution in [1.82, 2.24) is 0 Å². The standard InChI is InChI=1S/C32H28/c1-9-27-29(21-15-23-11-17-25(18-12-23)31(3,4)5)28(10-2)30(27)22-16-24-13-19-26(20-14-24)32(6,7)8/h1-2,11-14,17-20H,3-8H3. The van der Waals surface area contributed by atoms with Gasteiger partial charge in [-0.15, -0.1) is 12.8 Å². The Kier molecular flexibility index (Phi) is 6.23. The second kappa shape index (κ2) is 8.72. The van der Waals surface area contributed by atoms with Crippen molar-refractivity contribution in [2.24, 2.45) is 0 Å². The largest absolute Gasteiger partial charge is 0.115 e. The summed E-state index contributed by atoms with van der Waals surface area (Å²) in [4.78, 5) is 0. The number of allylic oxidation sites excluding steroid dienone is 4. The molecule has 0 N–H and O–H groups in total. The summed E-state index contributed by atoms with van der Waals surface area (Å²) in [5, 5.41) is 0. The van der Waals surface area contributed by atoms with E-state index in [9.17, 15) is 0 Å². The number of benzene rings is 2. The molecule has 0 amide bonds. The molecule has 156 valence electrons. The highest BCUT2D eigenvalue weighted by Gasteiger charge is 2.25. The van der Waals surface area contributed by atoms with Gasteiger partial charge in [-0.05, 0) is 46.2 Å². The monoisotopic (exact) mass is 412 g/mol. The minimum absolute atomic E-state index is 0.110. The molecule has 0 bridgehead atoms. The Bertz CT molecular complexity index is 1180. The lowest BCUT2D eigenvalue weighted by Gasteiger charge is -2.19. The highest BCUT2D eigenvalue weighted by Crippen LogP contribution is 2.34. The highest BCUT2D eigenvalue weighted by molar-refractivity contribution is 5.82. The van der Waals surface area contributed by atoms with Crippen LogP contribution in [0.1, 0.15) is 63.8 Å². The van der Waals surface area contributed by atoms with E-state index in [1.807, 2.05) is 24.3 Å². The SMILES string of the molecule is C#CC1=C(C#Cc2ccc(C(C)(C)C)cc2)C(C#C)=C1C#Cc1ccc(C(C)(C)C)cc1. The molecular weight excluding hydrogens is 384 g/mol. The van der Waals surface area contributed by atoms with Crippen LogP contribution < -0.4 is 0 Å². The van der Waals surface area contributed by atoms with E-state index >= 15 is 0 Å². The Balaban J connectivity index is 1.85. The molecule has 0 aliphatic heterocycles. The van der Waals surface area contributed by atoms with E-state index in [4.69, 9.17) is 12.8 Å². The van der Waals surface area contributed by atoms with Crippen LogP contribution >= 0.6 is 0 Å². The van der Waals surface area contributed by atoms with Crippen LogP contribution in [-0.2, 0) is 10.8 Å². The molecule has 3 rings (SSSR count). The first-order valence-electron chi connectivity index (χ1n) is 10.7. The first kappa shape index (κ1) is 22.8. The van der Waals surface area contributed by atoms with Crippen LogP contribution in [0.25, 0.3) is 0 Å². The molecule has 0 fully saturated rings. The number of hydrogen-bond acceptors (Lipinski definition) is 0. The maximum atomic E-state index is 5.76. The van der Waals surface area contributed by atoms with E-state index in [0.717, 1.165) is 22.3 Å². The van der Waals surface area contributed by atoms with Crippen molar-refractivity contribution in [3.63, 3.8) is 0 Å². The number of hydrogen-bond donors (Lipinski definition) is 0. The fourth-order valence-corrected chi connectivity index (χ4v) is 3.35. The van der Waals surface area contributed by atoms with Crippen LogP contribution in [0.3, 0.4) is 0 Å². The smallest absolute Gasteiger partial charge is 0.0588 e. The zero-order chi connectivity index (χ0) is 23.5. The summed E-state index contributed by atoms with van der Waals surface area (Å²) in [6.07, 6.45) is 11.5. The Hall–Kier alpha value is -3.84.